The van der Waals surface area contributed by atoms with E-state index in [1.54, 1.807) is 0 Å². The van der Waals surface area contributed by atoms with Crippen LogP contribution in [0.5, 0.6) is 0 Å². The molecular formula is C24H22BrN3O. The van der Waals surface area contributed by atoms with Crippen LogP contribution in [0.3, 0.4) is 0 Å². The Kier molecular flexibility index (Phi) is 4.20. The van der Waals surface area contributed by atoms with Crippen LogP contribution < -0.4 is 10.2 Å². The number of nitrogens with zero attached hydrogens (tertiary/aromatic N) is 2. The predicted molar refractivity (Wildman–Crippen MR) is 118 cm³/mol. The molecule has 2 aromatic carbocycles. The average Bonchev–Trinajstić information content (AvgIpc) is 3.12. The van der Waals surface area contributed by atoms with E-state index in [-0.39, 0.29) is 11.2 Å². The predicted octanol–water partition coefficient (Wildman–Crippen LogP) is 4.21. The number of anilines is 1. The summed E-state index contributed by atoms with van der Waals surface area (Å²) in [6.07, 6.45) is 0.734. The molecule has 1 heterocycles. The van der Waals surface area contributed by atoms with Crippen molar-refractivity contribution in [2.24, 2.45) is 0 Å². The normalized spacial score (nSPS) is 19.5. The zero-order valence-electron chi connectivity index (χ0n) is 16.6. The molecule has 0 bridgehead atoms. The molecule has 2 aliphatic carbocycles. The number of piperazine rings is 1. The van der Waals surface area contributed by atoms with E-state index in [0.717, 1.165) is 70.6 Å². The van der Waals surface area contributed by atoms with Crippen LogP contribution in [-0.2, 0) is 11.8 Å². The van der Waals surface area contributed by atoms with Crippen LogP contribution in [-0.4, -0.2) is 32.0 Å². The Balaban J connectivity index is 1.65. The van der Waals surface area contributed by atoms with Crippen molar-refractivity contribution < 1.29 is 4.79 Å². The zero-order chi connectivity index (χ0) is 20.3. The molecule has 0 amide bonds. The standard InChI is InChI=1S/C24H22BrN3O/c1-24(2)18-12-21(28-7-5-27-6-8-28)20(25)11-17(18)23(29)22-16-4-3-14(13-26)9-15(16)10-19(22)24/h3-4,9,11-12,27H,5-8,10H2,1-2H3. The lowest BCUT2D eigenvalue weighted by atomic mass is 9.68. The SMILES string of the molecule is CC1(C)C2=C(C(=O)c3cc(Br)c(N4CCNCC4)cc31)c1ccc(C#N)cc1C2. The van der Waals surface area contributed by atoms with Crippen molar-refractivity contribution in [2.45, 2.75) is 25.7 Å². The summed E-state index contributed by atoms with van der Waals surface area (Å²) in [6, 6.07) is 12.1. The molecule has 3 aliphatic rings. The average molecular weight is 448 g/mol. The van der Waals surface area contributed by atoms with E-state index in [0.29, 0.717) is 5.56 Å². The van der Waals surface area contributed by atoms with E-state index in [4.69, 9.17) is 0 Å². The van der Waals surface area contributed by atoms with Gasteiger partial charge in [-0.05, 0) is 68.9 Å². The molecule has 4 nitrogen and oxygen atoms in total. The number of hydrogen-bond acceptors (Lipinski definition) is 4. The van der Waals surface area contributed by atoms with Crippen molar-refractivity contribution >= 4 is 33.0 Å². The van der Waals surface area contributed by atoms with Gasteiger partial charge in [-0.25, -0.2) is 0 Å². The molecule has 0 unspecified atom stereocenters. The second-order valence-corrected chi connectivity index (χ2v) is 9.41. The van der Waals surface area contributed by atoms with E-state index in [9.17, 15) is 10.1 Å². The summed E-state index contributed by atoms with van der Waals surface area (Å²) in [4.78, 5) is 16.0. The first-order valence-electron chi connectivity index (χ1n) is 10.0. The first kappa shape index (κ1) is 18.6. The third kappa shape index (κ3) is 2.70. The summed E-state index contributed by atoms with van der Waals surface area (Å²) in [6.45, 7) is 8.31. The summed E-state index contributed by atoms with van der Waals surface area (Å²) in [7, 11) is 0. The number of allylic oxidation sites excluding steroid dienone is 2. The molecule has 29 heavy (non-hydrogen) atoms. The molecule has 0 radical (unpaired) electrons. The van der Waals surface area contributed by atoms with Crippen molar-refractivity contribution in [2.75, 3.05) is 31.1 Å². The molecule has 2 aromatic rings. The smallest absolute Gasteiger partial charge is 0.193 e. The fourth-order valence-electron chi connectivity index (χ4n) is 5.00. The summed E-state index contributed by atoms with van der Waals surface area (Å²) in [5.41, 5.74) is 7.55. The highest BCUT2D eigenvalue weighted by atomic mass is 79.9. The fourth-order valence-corrected chi connectivity index (χ4v) is 5.59. The minimum absolute atomic E-state index is 0.102. The van der Waals surface area contributed by atoms with Crippen LogP contribution in [0.2, 0.25) is 0 Å². The number of nitriles is 1. The third-order valence-corrected chi connectivity index (χ3v) is 7.25. The Morgan fingerprint density at radius 2 is 1.90 bits per heavy atom. The second kappa shape index (κ2) is 6.55. The highest BCUT2D eigenvalue weighted by Gasteiger charge is 2.43. The van der Waals surface area contributed by atoms with Gasteiger partial charge in [0.15, 0.2) is 5.78 Å². The van der Waals surface area contributed by atoms with Gasteiger partial charge in [0.05, 0.1) is 17.3 Å². The minimum Gasteiger partial charge on any atom is -0.368 e. The van der Waals surface area contributed by atoms with Gasteiger partial charge in [0.2, 0.25) is 0 Å². The Hall–Kier alpha value is -2.42. The number of carbonyl (C=O) groups is 1. The number of rotatable bonds is 1. The summed E-state index contributed by atoms with van der Waals surface area (Å²) < 4.78 is 0.976. The monoisotopic (exact) mass is 447 g/mol. The van der Waals surface area contributed by atoms with Crippen LogP contribution in [0, 0.1) is 11.3 Å². The van der Waals surface area contributed by atoms with Gasteiger partial charge in [0.1, 0.15) is 0 Å². The molecule has 1 saturated heterocycles. The van der Waals surface area contributed by atoms with Gasteiger partial charge < -0.3 is 10.2 Å². The number of nitrogens with one attached hydrogen (secondary N) is 1. The second-order valence-electron chi connectivity index (χ2n) is 8.55. The molecule has 5 heteroatoms. The van der Waals surface area contributed by atoms with Crippen molar-refractivity contribution in [3.05, 3.63) is 68.2 Å². The number of hydrogen-bond donors (Lipinski definition) is 1. The molecule has 5 rings (SSSR count). The van der Waals surface area contributed by atoms with Gasteiger partial charge in [0.25, 0.3) is 0 Å². The molecule has 1 fully saturated rings. The Labute approximate surface area is 179 Å². The zero-order valence-corrected chi connectivity index (χ0v) is 18.2. The van der Waals surface area contributed by atoms with E-state index >= 15 is 0 Å². The van der Waals surface area contributed by atoms with E-state index in [1.165, 1.54) is 5.57 Å². The largest absolute Gasteiger partial charge is 0.368 e. The van der Waals surface area contributed by atoms with Crippen LogP contribution in [0.4, 0.5) is 5.69 Å². The fraction of sp³-hybridized carbons (Fsp3) is 0.333. The van der Waals surface area contributed by atoms with Crippen LogP contribution in [0.15, 0.2) is 40.4 Å². The van der Waals surface area contributed by atoms with Crippen LogP contribution >= 0.6 is 15.9 Å². The molecule has 146 valence electrons. The Bertz CT molecular complexity index is 1130. The number of halogens is 1. The molecule has 0 spiro atoms. The number of fused-ring (bicyclic) bond motifs is 3. The van der Waals surface area contributed by atoms with Gasteiger partial charge in [-0.15, -0.1) is 0 Å². The number of Topliss-reactive ketones (excluding diaryl/α,β-unsaturated/α-hetero) is 1. The van der Waals surface area contributed by atoms with E-state index in [1.807, 2.05) is 24.3 Å². The van der Waals surface area contributed by atoms with Crippen LogP contribution in [0.25, 0.3) is 5.57 Å². The summed E-state index contributed by atoms with van der Waals surface area (Å²) in [5.74, 6) is 0.102. The molecular weight excluding hydrogens is 426 g/mol. The molecule has 1 aliphatic heterocycles. The van der Waals surface area contributed by atoms with E-state index in [2.05, 4.69) is 52.1 Å². The van der Waals surface area contributed by atoms with Crippen molar-refractivity contribution in [3.63, 3.8) is 0 Å². The number of carbonyl (C=O) groups excluding carboxylic acids is 1. The van der Waals surface area contributed by atoms with Crippen molar-refractivity contribution in [1.82, 2.24) is 5.32 Å². The topological polar surface area (TPSA) is 56.1 Å². The molecule has 0 saturated carbocycles. The summed E-state index contributed by atoms with van der Waals surface area (Å²) >= 11 is 3.73. The van der Waals surface area contributed by atoms with Crippen molar-refractivity contribution in [1.29, 1.82) is 5.26 Å². The quantitative estimate of drug-likeness (QED) is 0.710. The van der Waals surface area contributed by atoms with Crippen molar-refractivity contribution in [3.8, 4) is 6.07 Å². The number of ketones is 1. The Morgan fingerprint density at radius 1 is 1.14 bits per heavy atom. The molecule has 1 N–H and O–H groups in total. The molecule has 0 aromatic heterocycles. The van der Waals surface area contributed by atoms with Crippen LogP contribution in [0.1, 0.15) is 46.5 Å². The lowest BCUT2D eigenvalue weighted by Crippen LogP contribution is -2.44. The minimum atomic E-state index is -0.242. The highest BCUT2D eigenvalue weighted by Crippen LogP contribution is 2.51. The Morgan fingerprint density at radius 3 is 2.62 bits per heavy atom. The van der Waals surface area contributed by atoms with Gasteiger partial charge in [0, 0.05) is 47.2 Å². The molecule has 0 atom stereocenters. The maximum atomic E-state index is 13.6. The maximum absolute atomic E-state index is 13.6. The lowest BCUT2D eigenvalue weighted by molar-refractivity contribution is 0.105. The highest BCUT2D eigenvalue weighted by molar-refractivity contribution is 9.10. The van der Waals surface area contributed by atoms with Gasteiger partial charge >= 0.3 is 0 Å². The third-order valence-electron chi connectivity index (χ3n) is 6.62. The maximum Gasteiger partial charge on any atom is 0.193 e. The number of benzene rings is 2. The van der Waals surface area contributed by atoms with Gasteiger partial charge in [-0.2, -0.15) is 5.26 Å². The van der Waals surface area contributed by atoms with Gasteiger partial charge in [-0.3, -0.25) is 4.79 Å². The summed E-state index contributed by atoms with van der Waals surface area (Å²) in [5, 5.41) is 12.7. The first-order valence-corrected chi connectivity index (χ1v) is 10.8. The van der Waals surface area contributed by atoms with Gasteiger partial charge in [-0.1, -0.05) is 19.9 Å². The van der Waals surface area contributed by atoms with E-state index < -0.39 is 0 Å². The first-order chi connectivity index (χ1) is 13.9. The lowest BCUT2D eigenvalue weighted by Gasteiger charge is -2.37.